The van der Waals surface area contributed by atoms with E-state index in [1.807, 2.05) is 6.92 Å². The molecular weight excluding hydrogens is 240 g/mol. The predicted molar refractivity (Wildman–Crippen MR) is 75.8 cm³/mol. The molecule has 3 heteroatoms. The van der Waals surface area contributed by atoms with Crippen molar-refractivity contribution in [2.45, 2.75) is 59.8 Å². The van der Waals surface area contributed by atoms with E-state index in [0.717, 1.165) is 25.7 Å². The van der Waals surface area contributed by atoms with Crippen molar-refractivity contribution in [3.63, 3.8) is 0 Å². The monoisotopic (exact) mass is 266 g/mol. The first kappa shape index (κ1) is 15.9. The van der Waals surface area contributed by atoms with Gasteiger partial charge in [0.15, 0.2) is 0 Å². The first-order chi connectivity index (χ1) is 8.86. The quantitative estimate of drug-likeness (QED) is 0.521. The average Bonchev–Trinajstić information content (AvgIpc) is 2.28. The van der Waals surface area contributed by atoms with E-state index in [0.29, 0.717) is 18.8 Å². The Bertz CT molecular complexity index is 366. The average molecular weight is 266 g/mol. The highest BCUT2D eigenvalue weighted by molar-refractivity contribution is 5.88. The third kappa shape index (κ3) is 4.81. The lowest BCUT2D eigenvalue weighted by atomic mass is 9.60. The summed E-state index contributed by atoms with van der Waals surface area (Å²) in [7, 11) is 0. The molecule has 0 radical (unpaired) electrons. The van der Waals surface area contributed by atoms with E-state index >= 15 is 0 Å². The van der Waals surface area contributed by atoms with Gasteiger partial charge in [-0.2, -0.15) is 0 Å². The Balaban J connectivity index is 2.25. The summed E-state index contributed by atoms with van der Waals surface area (Å²) in [6.07, 6.45) is 5.87. The summed E-state index contributed by atoms with van der Waals surface area (Å²) in [4.78, 5) is 22.7. The molecule has 1 rings (SSSR count). The van der Waals surface area contributed by atoms with Crippen LogP contribution in [-0.4, -0.2) is 18.4 Å². The van der Waals surface area contributed by atoms with E-state index in [9.17, 15) is 9.59 Å². The van der Waals surface area contributed by atoms with Gasteiger partial charge in [0, 0.05) is 18.8 Å². The van der Waals surface area contributed by atoms with Crippen molar-refractivity contribution in [3.8, 4) is 0 Å². The smallest absolute Gasteiger partial charge is 0.306 e. The van der Waals surface area contributed by atoms with Crippen LogP contribution in [0.25, 0.3) is 0 Å². The molecule has 1 aliphatic rings. The van der Waals surface area contributed by atoms with Crippen LogP contribution >= 0.6 is 0 Å². The van der Waals surface area contributed by atoms with Gasteiger partial charge in [-0.25, -0.2) is 0 Å². The third-order valence-corrected chi connectivity index (χ3v) is 3.94. The maximum absolute atomic E-state index is 11.6. The minimum Gasteiger partial charge on any atom is -0.466 e. The second-order valence-electron chi connectivity index (χ2n) is 6.12. The fourth-order valence-electron chi connectivity index (χ4n) is 2.70. The molecule has 1 atom stereocenters. The van der Waals surface area contributed by atoms with Crippen LogP contribution in [0, 0.1) is 11.3 Å². The number of allylic oxidation sites excluding steroid dienone is 2. The van der Waals surface area contributed by atoms with Crippen LogP contribution in [0.15, 0.2) is 11.6 Å². The number of ether oxygens (including phenoxy) is 1. The van der Waals surface area contributed by atoms with Gasteiger partial charge in [-0.3, -0.25) is 9.59 Å². The maximum atomic E-state index is 11.6. The van der Waals surface area contributed by atoms with E-state index in [1.165, 1.54) is 5.57 Å². The second kappa shape index (κ2) is 6.88. The molecule has 0 amide bonds. The molecule has 0 heterocycles. The van der Waals surface area contributed by atoms with Crippen molar-refractivity contribution < 1.29 is 14.3 Å². The van der Waals surface area contributed by atoms with Crippen LogP contribution in [-0.2, 0) is 14.3 Å². The molecule has 0 aromatic rings. The number of rotatable bonds is 7. The third-order valence-electron chi connectivity index (χ3n) is 3.94. The highest BCUT2D eigenvalue weighted by atomic mass is 16.5. The molecule has 1 aliphatic carbocycles. The summed E-state index contributed by atoms with van der Waals surface area (Å²) < 4.78 is 4.88. The zero-order chi connectivity index (χ0) is 14.5. The standard InChI is InChI=1S/C16H26O3/c1-5-19-15(18)8-6-7-12(2)9-10-13-14(17)11-16(13,3)4/h7,13H,5-6,8-11H2,1-4H3/b12-7+. The molecule has 0 aromatic heterocycles. The Morgan fingerprint density at radius 3 is 2.63 bits per heavy atom. The molecular formula is C16H26O3. The molecule has 0 bridgehead atoms. The number of Topliss-reactive ketones (excluding diaryl/α,β-unsaturated/α-hetero) is 1. The highest BCUT2D eigenvalue weighted by Crippen LogP contribution is 2.45. The van der Waals surface area contributed by atoms with Gasteiger partial charge in [0.25, 0.3) is 0 Å². The Kier molecular flexibility index (Phi) is 5.77. The first-order valence-corrected chi connectivity index (χ1v) is 7.20. The van der Waals surface area contributed by atoms with Gasteiger partial charge in [-0.15, -0.1) is 0 Å². The molecule has 19 heavy (non-hydrogen) atoms. The number of ketones is 1. The lowest BCUT2D eigenvalue weighted by Gasteiger charge is -2.43. The van der Waals surface area contributed by atoms with E-state index in [1.54, 1.807) is 0 Å². The van der Waals surface area contributed by atoms with Crippen LogP contribution in [0.5, 0.6) is 0 Å². The summed E-state index contributed by atoms with van der Waals surface area (Å²) in [5, 5.41) is 0. The molecule has 1 fully saturated rings. The molecule has 3 nitrogen and oxygen atoms in total. The number of hydrogen-bond acceptors (Lipinski definition) is 3. The van der Waals surface area contributed by atoms with Crippen molar-refractivity contribution in [1.29, 1.82) is 0 Å². The molecule has 1 unspecified atom stereocenters. The maximum Gasteiger partial charge on any atom is 0.306 e. The van der Waals surface area contributed by atoms with Crippen molar-refractivity contribution in [2.75, 3.05) is 6.61 Å². The van der Waals surface area contributed by atoms with Crippen LogP contribution in [0.3, 0.4) is 0 Å². The number of hydrogen-bond donors (Lipinski definition) is 0. The van der Waals surface area contributed by atoms with Crippen LogP contribution in [0.1, 0.15) is 59.8 Å². The van der Waals surface area contributed by atoms with Crippen molar-refractivity contribution in [1.82, 2.24) is 0 Å². The highest BCUT2D eigenvalue weighted by Gasteiger charge is 2.45. The lowest BCUT2D eigenvalue weighted by Crippen LogP contribution is -2.44. The minimum absolute atomic E-state index is 0.137. The molecule has 0 N–H and O–H groups in total. The van der Waals surface area contributed by atoms with E-state index in [-0.39, 0.29) is 17.3 Å². The Morgan fingerprint density at radius 2 is 2.11 bits per heavy atom. The van der Waals surface area contributed by atoms with Gasteiger partial charge in [0.2, 0.25) is 0 Å². The van der Waals surface area contributed by atoms with E-state index < -0.39 is 0 Å². The predicted octanol–water partition coefficient (Wildman–Crippen LogP) is 3.67. The van der Waals surface area contributed by atoms with Crippen LogP contribution < -0.4 is 0 Å². The van der Waals surface area contributed by atoms with Gasteiger partial charge in [0.05, 0.1) is 6.61 Å². The number of esters is 1. The molecule has 0 aromatic carbocycles. The Hall–Kier alpha value is -1.12. The fourth-order valence-corrected chi connectivity index (χ4v) is 2.70. The molecule has 1 saturated carbocycles. The summed E-state index contributed by atoms with van der Waals surface area (Å²) in [5.41, 5.74) is 1.45. The fraction of sp³-hybridized carbons (Fsp3) is 0.750. The van der Waals surface area contributed by atoms with Gasteiger partial charge in [-0.1, -0.05) is 25.5 Å². The zero-order valence-electron chi connectivity index (χ0n) is 12.6. The Labute approximate surface area is 116 Å². The first-order valence-electron chi connectivity index (χ1n) is 7.20. The SMILES string of the molecule is CCOC(=O)CC/C=C(\C)CCC1C(=O)CC1(C)C. The summed E-state index contributed by atoms with van der Waals surface area (Å²) in [6, 6.07) is 0. The van der Waals surface area contributed by atoms with Crippen LogP contribution in [0.4, 0.5) is 0 Å². The Morgan fingerprint density at radius 1 is 1.42 bits per heavy atom. The van der Waals surface area contributed by atoms with Gasteiger partial charge in [0.1, 0.15) is 5.78 Å². The lowest BCUT2D eigenvalue weighted by molar-refractivity contribution is -0.143. The second-order valence-corrected chi connectivity index (χ2v) is 6.12. The van der Waals surface area contributed by atoms with Crippen molar-refractivity contribution >= 4 is 11.8 Å². The zero-order valence-corrected chi connectivity index (χ0v) is 12.6. The summed E-state index contributed by atoms with van der Waals surface area (Å²) in [5.74, 6) is 0.493. The van der Waals surface area contributed by atoms with Crippen molar-refractivity contribution in [3.05, 3.63) is 11.6 Å². The number of carbonyl (C=O) groups excluding carboxylic acids is 2. The van der Waals surface area contributed by atoms with E-state index in [4.69, 9.17) is 4.74 Å². The minimum atomic E-state index is -0.137. The summed E-state index contributed by atoms with van der Waals surface area (Å²) >= 11 is 0. The van der Waals surface area contributed by atoms with Gasteiger partial charge < -0.3 is 4.74 Å². The van der Waals surface area contributed by atoms with E-state index in [2.05, 4.69) is 26.8 Å². The van der Waals surface area contributed by atoms with Gasteiger partial charge in [-0.05, 0) is 38.5 Å². The van der Waals surface area contributed by atoms with Crippen LogP contribution in [0.2, 0.25) is 0 Å². The molecule has 0 spiro atoms. The molecule has 108 valence electrons. The summed E-state index contributed by atoms with van der Waals surface area (Å²) in [6.45, 7) is 8.66. The normalized spacial score (nSPS) is 22.0. The molecule has 0 saturated heterocycles. The van der Waals surface area contributed by atoms with Crippen molar-refractivity contribution in [2.24, 2.45) is 11.3 Å². The largest absolute Gasteiger partial charge is 0.466 e. The topological polar surface area (TPSA) is 43.4 Å². The molecule has 0 aliphatic heterocycles. The number of carbonyl (C=O) groups is 2. The van der Waals surface area contributed by atoms with Gasteiger partial charge >= 0.3 is 5.97 Å².